The number of urea groups is 1. The maximum Gasteiger partial charge on any atom is 0.339 e. The number of anilines is 1. The molecule has 2 aromatic rings. The number of hydrogen-bond acceptors (Lipinski definition) is 6. The molecule has 0 unspecified atom stereocenters. The van der Waals surface area contributed by atoms with E-state index in [-0.39, 0.29) is 23.7 Å². The van der Waals surface area contributed by atoms with Gasteiger partial charge in [-0.1, -0.05) is 11.6 Å². The lowest BCUT2D eigenvalue weighted by Gasteiger charge is -2.29. The van der Waals surface area contributed by atoms with Gasteiger partial charge >= 0.3 is 12.0 Å². The highest BCUT2D eigenvalue weighted by Gasteiger charge is 2.32. The van der Waals surface area contributed by atoms with Crippen molar-refractivity contribution in [3.05, 3.63) is 45.7 Å². The van der Waals surface area contributed by atoms with Crippen LogP contribution in [0.1, 0.15) is 32.1 Å². The number of hydrogen-bond donors (Lipinski definition) is 1. The van der Waals surface area contributed by atoms with Crippen molar-refractivity contribution < 1.29 is 23.9 Å². The molecule has 1 N–H and O–H groups in total. The number of esters is 1. The second-order valence-corrected chi connectivity index (χ2v) is 8.02. The van der Waals surface area contributed by atoms with Crippen molar-refractivity contribution in [3.63, 3.8) is 0 Å². The normalized spacial score (nSPS) is 15.8. The molecule has 0 spiro atoms. The highest BCUT2D eigenvalue weighted by Crippen LogP contribution is 2.26. The number of nitrogens with one attached hydrogen (secondary N) is 1. The number of halogens is 1. The van der Waals surface area contributed by atoms with Gasteiger partial charge in [0.25, 0.3) is 5.91 Å². The molecule has 4 rings (SSSR count). The molecule has 3 heterocycles. The molecule has 3 amide bonds. The minimum Gasteiger partial charge on any atom is -0.465 e. The molecule has 2 aliphatic rings. The smallest absolute Gasteiger partial charge is 0.339 e. The van der Waals surface area contributed by atoms with Gasteiger partial charge in [-0.2, -0.15) is 5.10 Å². The molecule has 0 bridgehead atoms. The van der Waals surface area contributed by atoms with Gasteiger partial charge < -0.3 is 24.6 Å². The zero-order chi connectivity index (χ0) is 22.8. The van der Waals surface area contributed by atoms with Crippen molar-refractivity contribution in [2.45, 2.75) is 13.0 Å². The number of methoxy groups -OCH3 is 1. The largest absolute Gasteiger partial charge is 0.465 e. The number of aryl methyl sites for hydroxylation is 1. The second kappa shape index (κ2) is 9.17. The van der Waals surface area contributed by atoms with Crippen molar-refractivity contribution in [3.8, 4) is 0 Å². The number of carbonyl (C=O) groups is 3. The van der Waals surface area contributed by atoms with Crippen LogP contribution in [0.2, 0.25) is 5.02 Å². The van der Waals surface area contributed by atoms with E-state index in [2.05, 4.69) is 10.4 Å². The molecule has 0 aliphatic carbocycles. The molecule has 1 aromatic carbocycles. The van der Waals surface area contributed by atoms with Crippen LogP contribution in [-0.4, -0.2) is 77.4 Å². The standard InChI is InChI=1S/C21H24ClN5O5/c1-25-17-5-6-27(12-15(17)18(24-25)19(28)26-7-9-32-10-8-26)21(30)23-16-11-13(22)3-4-14(16)20(29)31-2/h3-4,11H,5-10,12H2,1-2H3,(H,23,30). The van der Waals surface area contributed by atoms with E-state index in [1.165, 1.54) is 19.2 Å². The SMILES string of the molecule is COC(=O)c1ccc(Cl)cc1NC(=O)N1CCc2c(c(C(=O)N3CCOCC3)nn2C)C1. The van der Waals surface area contributed by atoms with Crippen LogP contribution in [0.5, 0.6) is 0 Å². The molecule has 1 fully saturated rings. The summed E-state index contributed by atoms with van der Waals surface area (Å²) < 4.78 is 11.8. The summed E-state index contributed by atoms with van der Waals surface area (Å²) in [6, 6.07) is 4.14. The number of nitrogens with zero attached hydrogens (tertiary/aromatic N) is 4. The van der Waals surface area contributed by atoms with E-state index in [1.807, 2.05) is 0 Å². The van der Waals surface area contributed by atoms with Crippen molar-refractivity contribution in [1.29, 1.82) is 0 Å². The molecule has 0 saturated carbocycles. The fourth-order valence-electron chi connectivity index (χ4n) is 3.96. The Bertz CT molecular complexity index is 1060. The number of amides is 3. The minimum atomic E-state index is -0.580. The first-order valence-electron chi connectivity index (χ1n) is 10.2. The quantitative estimate of drug-likeness (QED) is 0.700. The lowest BCUT2D eigenvalue weighted by atomic mass is 10.0. The van der Waals surface area contributed by atoms with Gasteiger partial charge in [0.2, 0.25) is 0 Å². The fraction of sp³-hybridized carbons (Fsp3) is 0.429. The van der Waals surface area contributed by atoms with E-state index < -0.39 is 12.0 Å². The van der Waals surface area contributed by atoms with Crippen LogP contribution < -0.4 is 5.32 Å². The third-order valence-electron chi connectivity index (χ3n) is 5.66. The van der Waals surface area contributed by atoms with E-state index in [9.17, 15) is 14.4 Å². The van der Waals surface area contributed by atoms with E-state index in [1.54, 1.807) is 27.6 Å². The maximum absolute atomic E-state index is 13.1. The summed E-state index contributed by atoms with van der Waals surface area (Å²) in [6.07, 6.45) is 0.558. The van der Waals surface area contributed by atoms with Gasteiger partial charge in [0, 0.05) is 49.4 Å². The summed E-state index contributed by atoms with van der Waals surface area (Å²) in [6.45, 7) is 2.69. The van der Waals surface area contributed by atoms with Crippen molar-refractivity contribution in [2.24, 2.45) is 7.05 Å². The number of aromatic nitrogens is 2. The molecule has 2 aliphatic heterocycles. The number of ether oxygens (including phenoxy) is 2. The van der Waals surface area contributed by atoms with Crippen molar-refractivity contribution in [1.82, 2.24) is 19.6 Å². The van der Waals surface area contributed by atoms with Crippen LogP contribution in [-0.2, 0) is 29.5 Å². The zero-order valence-corrected chi connectivity index (χ0v) is 18.6. The summed E-state index contributed by atoms with van der Waals surface area (Å²) in [4.78, 5) is 41.4. The monoisotopic (exact) mass is 461 g/mol. The van der Waals surface area contributed by atoms with Crippen LogP contribution in [0.25, 0.3) is 0 Å². The Morgan fingerprint density at radius 3 is 2.62 bits per heavy atom. The van der Waals surface area contributed by atoms with E-state index >= 15 is 0 Å². The summed E-state index contributed by atoms with van der Waals surface area (Å²) in [5.74, 6) is -0.737. The number of fused-ring (bicyclic) bond motifs is 1. The van der Waals surface area contributed by atoms with Gasteiger partial charge in [0.15, 0.2) is 5.69 Å². The first kappa shape index (κ1) is 22.1. The Hall–Kier alpha value is -3.11. The highest BCUT2D eigenvalue weighted by molar-refractivity contribution is 6.31. The van der Waals surface area contributed by atoms with Crippen LogP contribution >= 0.6 is 11.6 Å². The lowest BCUT2D eigenvalue weighted by molar-refractivity contribution is 0.0297. The molecular weight excluding hydrogens is 438 g/mol. The molecule has 170 valence electrons. The molecule has 11 heteroatoms. The van der Waals surface area contributed by atoms with Gasteiger partial charge in [-0.05, 0) is 18.2 Å². The molecule has 1 saturated heterocycles. The van der Waals surface area contributed by atoms with Crippen LogP contribution in [0, 0.1) is 0 Å². The van der Waals surface area contributed by atoms with Crippen LogP contribution in [0.4, 0.5) is 10.5 Å². The average Bonchev–Trinajstić information content (AvgIpc) is 3.14. The molecule has 32 heavy (non-hydrogen) atoms. The van der Waals surface area contributed by atoms with Gasteiger partial charge in [0.05, 0.1) is 38.1 Å². The second-order valence-electron chi connectivity index (χ2n) is 7.59. The summed E-state index contributed by atoms with van der Waals surface area (Å²) >= 11 is 6.05. The third kappa shape index (κ3) is 4.28. The van der Waals surface area contributed by atoms with Gasteiger partial charge in [0.1, 0.15) is 0 Å². The summed E-state index contributed by atoms with van der Waals surface area (Å²) in [7, 11) is 3.07. The topological polar surface area (TPSA) is 106 Å². The van der Waals surface area contributed by atoms with E-state index in [0.717, 1.165) is 11.3 Å². The average molecular weight is 462 g/mol. The highest BCUT2D eigenvalue weighted by atomic mass is 35.5. The Morgan fingerprint density at radius 2 is 1.91 bits per heavy atom. The Balaban J connectivity index is 1.55. The first-order valence-corrected chi connectivity index (χ1v) is 10.6. The van der Waals surface area contributed by atoms with Crippen molar-refractivity contribution >= 4 is 35.2 Å². The number of carbonyl (C=O) groups excluding carboxylic acids is 3. The predicted molar refractivity (Wildman–Crippen MR) is 116 cm³/mol. The number of benzene rings is 1. The minimum absolute atomic E-state index is 0.157. The summed E-state index contributed by atoms with van der Waals surface area (Å²) in [5.41, 5.74) is 2.50. The van der Waals surface area contributed by atoms with Gasteiger partial charge in [-0.3, -0.25) is 9.48 Å². The van der Waals surface area contributed by atoms with E-state index in [0.29, 0.717) is 50.0 Å². The van der Waals surface area contributed by atoms with Crippen LogP contribution in [0.15, 0.2) is 18.2 Å². The fourth-order valence-corrected chi connectivity index (χ4v) is 4.13. The van der Waals surface area contributed by atoms with Crippen molar-refractivity contribution in [2.75, 3.05) is 45.3 Å². The first-order chi connectivity index (χ1) is 15.4. The maximum atomic E-state index is 13.1. The van der Waals surface area contributed by atoms with Gasteiger partial charge in [-0.15, -0.1) is 0 Å². The molecule has 1 aromatic heterocycles. The summed E-state index contributed by atoms with van der Waals surface area (Å²) in [5, 5.41) is 7.58. The lowest BCUT2D eigenvalue weighted by Crippen LogP contribution is -2.42. The number of morpholine rings is 1. The molecule has 0 atom stereocenters. The van der Waals surface area contributed by atoms with Crippen LogP contribution in [0.3, 0.4) is 0 Å². The molecule has 10 nitrogen and oxygen atoms in total. The number of rotatable bonds is 3. The zero-order valence-electron chi connectivity index (χ0n) is 17.9. The van der Waals surface area contributed by atoms with E-state index in [4.69, 9.17) is 21.1 Å². The van der Waals surface area contributed by atoms with Gasteiger partial charge in [-0.25, -0.2) is 9.59 Å². The molecule has 0 radical (unpaired) electrons. The Morgan fingerprint density at radius 1 is 1.16 bits per heavy atom. The molecular formula is C21H24ClN5O5. The Kier molecular flexibility index (Phi) is 6.33. The third-order valence-corrected chi connectivity index (χ3v) is 5.89. The Labute approximate surface area is 190 Å². The predicted octanol–water partition coefficient (Wildman–Crippen LogP) is 1.92.